The van der Waals surface area contributed by atoms with Gasteiger partial charge in [0.25, 0.3) is 0 Å². The van der Waals surface area contributed by atoms with Gasteiger partial charge < -0.3 is 4.90 Å². The van der Waals surface area contributed by atoms with E-state index in [1.807, 2.05) is 6.07 Å². The zero-order valence-electron chi connectivity index (χ0n) is 16.7. The maximum absolute atomic E-state index is 13.5. The molecule has 0 aliphatic carbocycles. The van der Waals surface area contributed by atoms with Crippen molar-refractivity contribution in [1.82, 2.24) is 9.80 Å². The fraction of sp³-hybridized carbons (Fsp3) is 0.458. The summed E-state index contributed by atoms with van der Waals surface area (Å²) in [6, 6.07) is 15.4. The predicted molar refractivity (Wildman–Crippen MR) is 109 cm³/mol. The third-order valence-corrected chi connectivity index (χ3v) is 6.44. The van der Waals surface area contributed by atoms with E-state index < -0.39 is 0 Å². The Morgan fingerprint density at radius 1 is 0.964 bits per heavy atom. The van der Waals surface area contributed by atoms with Crippen LogP contribution in [0.2, 0.25) is 0 Å². The SMILES string of the molecule is Cc1ccc(CN2C(=O)CC[C@]23CCCN(Cc2cccc(F)c2)CC3)cc1. The number of hydrogen-bond acceptors (Lipinski definition) is 2. The summed E-state index contributed by atoms with van der Waals surface area (Å²) >= 11 is 0. The fourth-order valence-electron chi connectivity index (χ4n) is 4.81. The van der Waals surface area contributed by atoms with Gasteiger partial charge in [-0.05, 0) is 62.4 Å². The number of hydrogen-bond donors (Lipinski definition) is 0. The molecule has 4 heteroatoms. The number of carbonyl (C=O) groups excluding carboxylic acids is 1. The minimum absolute atomic E-state index is 0.0152. The number of amides is 1. The molecule has 0 N–H and O–H groups in total. The van der Waals surface area contributed by atoms with Crippen molar-refractivity contribution in [3.63, 3.8) is 0 Å². The van der Waals surface area contributed by atoms with Crippen LogP contribution in [0.4, 0.5) is 4.39 Å². The van der Waals surface area contributed by atoms with Crippen LogP contribution in [0.3, 0.4) is 0 Å². The van der Waals surface area contributed by atoms with Crippen LogP contribution in [-0.4, -0.2) is 34.3 Å². The van der Waals surface area contributed by atoms with E-state index in [0.717, 1.165) is 50.9 Å². The van der Waals surface area contributed by atoms with Crippen molar-refractivity contribution < 1.29 is 9.18 Å². The zero-order chi connectivity index (χ0) is 19.6. The van der Waals surface area contributed by atoms with Crippen molar-refractivity contribution >= 4 is 5.91 Å². The van der Waals surface area contributed by atoms with Gasteiger partial charge in [0.1, 0.15) is 5.82 Å². The zero-order valence-corrected chi connectivity index (χ0v) is 16.7. The summed E-state index contributed by atoms with van der Waals surface area (Å²) in [7, 11) is 0. The van der Waals surface area contributed by atoms with Gasteiger partial charge in [-0.1, -0.05) is 42.0 Å². The van der Waals surface area contributed by atoms with E-state index in [1.165, 1.54) is 17.2 Å². The van der Waals surface area contributed by atoms with Crippen molar-refractivity contribution in [1.29, 1.82) is 0 Å². The summed E-state index contributed by atoms with van der Waals surface area (Å²) in [6.07, 6.45) is 4.76. The van der Waals surface area contributed by atoms with Crippen LogP contribution in [0.25, 0.3) is 0 Å². The van der Waals surface area contributed by atoms with Gasteiger partial charge in [-0.2, -0.15) is 0 Å². The summed E-state index contributed by atoms with van der Waals surface area (Å²) in [5, 5.41) is 0. The van der Waals surface area contributed by atoms with Gasteiger partial charge in [-0.15, -0.1) is 0 Å². The molecule has 2 fully saturated rings. The first kappa shape index (κ1) is 19.1. The average Bonchev–Trinajstić information content (AvgIpc) is 2.85. The normalized spacial score (nSPS) is 23.4. The van der Waals surface area contributed by atoms with Crippen molar-refractivity contribution in [3.05, 3.63) is 71.0 Å². The van der Waals surface area contributed by atoms with Crippen LogP contribution in [0.5, 0.6) is 0 Å². The highest BCUT2D eigenvalue weighted by atomic mass is 19.1. The molecule has 1 atom stereocenters. The largest absolute Gasteiger partial charge is 0.333 e. The fourth-order valence-corrected chi connectivity index (χ4v) is 4.81. The Morgan fingerprint density at radius 2 is 1.79 bits per heavy atom. The van der Waals surface area contributed by atoms with Crippen LogP contribution >= 0.6 is 0 Å². The summed E-state index contributed by atoms with van der Waals surface area (Å²) in [6.45, 7) is 5.53. The first-order valence-corrected chi connectivity index (χ1v) is 10.4. The summed E-state index contributed by atoms with van der Waals surface area (Å²) in [5.41, 5.74) is 3.46. The van der Waals surface area contributed by atoms with Crippen molar-refractivity contribution in [3.8, 4) is 0 Å². The lowest BCUT2D eigenvalue weighted by Gasteiger charge is -2.38. The van der Waals surface area contributed by atoms with E-state index in [4.69, 9.17) is 0 Å². The lowest BCUT2D eigenvalue weighted by atomic mass is 9.87. The summed E-state index contributed by atoms with van der Waals surface area (Å²) < 4.78 is 13.5. The molecule has 2 aromatic rings. The second-order valence-corrected chi connectivity index (χ2v) is 8.45. The number of rotatable bonds is 4. The Bertz CT molecular complexity index is 835. The molecule has 28 heavy (non-hydrogen) atoms. The standard InChI is InChI=1S/C24H29FN2O/c1-19-6-8-20(9-7-19)18-27-23(28)10-12-24(27)11-3-14-26(15-13-24)17-21-4-2-5-22(25)16-21/h2,4-9,16H,3,10-15,17-18H2,1H3/t24-/m0/s1. The summed E-state index contributed by atoms with van der Waals surface area (Å²) in [4.78, 5) is 17.3. The molecular weight excluding hydrogens is 351 g/mol. The number of likely N-dealkylation sites (tertiary alicyclic amines) is 2. The number of halogens is 1. The molecule has 2 aliphatic heterocycles. The molecule has 2 aromatic carbocycles. The maximum atomic E-state index is 13.5. The van der Waals surface area contributed by atoms with E-state index in [9.17, 15) is 9.18 Å². The molecule has 0 saturated carbocycles. The lowest BCUT2D eigenvalue weighted by molar-refractivity contribution is -0.132. The molecule has 3 nitrogen and oxygen atoms in total. The molecule has 0 radical (unpaired) electrons. The van der Waals surface area contributed by atoms with E-state index in [2.05, 4.69) is 41.0 Å². The molecule has 2 heterocycles. The quantitative estimate of drug-likeness (QED) is 0.769. The molecule has 1 amide bonds. The number of nitrogens with zero attached hydrogens (tertiary/aromatic N) is 2. The topological polar surface area (TPSA) is 23.6 Å². The van der Waals surface area contributed by atoms with Crippen LogP contribution in [0.1, 0.15) is 48.8 Å². The second kappa shape index (κ2) is 8.04. The Labute approximate surface area is 167 Å². The highest BCUT2D eigenvalue weighted by Gasteiger charge is 2.45. The Kier molecular flexibility index (Phi) is 5.49. The van der Waals surface area contributed by atoms with Gasteiger partial charge in [0.15, 0.2) is 0 Å². The lowest BCUT2D eigenvalue weighted by Crippen LogP contribution is -2.45. The highest BCUT2D eigenvalue weighted by Crippen LogP contribution is 2.40. The number of aryl methyl sites for hydroxylation is 1. The molecular formula is C24H29FN2O. The van der Waals surface area contributed by atoms with Gasteiger partial charge in [-0.3, -0.25) is 9.69 Å². The minimum atomic E-state index is -0.172. The van der Waals surface area contributed by atoms with E-state index in [-0.39, 0.29) is 11.4 Å². The van der Waals surface area contributed by atoms with Gasteiger partial charge >= 0.3 is 0 Å². The van der Waals surface area contributed by atoms with Crippen molar-refractivity contribution in [2.75, 3.05) is 13.1 Å². The Morgan fingerprint density at radius 3 is 2.57 bits per heavy atom. The molecule has 0 unspecified atom stereocenters. The molecule has 148 valence electrons. The number of carbonyl (C=O) groups is 1. The highest BCUT2D eigenvalue weighted by molar-refractivity contribution is 5.79. The van der Waals surface area contributed by atoms with Crippen molar-refractivity contribution in [2.24, 2.45) is 0 Å². The van der Waals surface area contributed by atoms with Gasteiger partial charge in [0.2, 0.25) is 5.91 Å². The first-order valence-electron chi connectivity index (χ1n) is 10.4. The van der Waals surface area contributed by atoms with E-state index in [0.29, 0.717) is 18.9 Å². The average molecular weight is 381 g/mol. The molecule has 1 spiro atoms. The predicted octanol–water partition coefficient (Wildman–Crippen LogP) is 4.68. The first-order chi connectivity index (χ1) is 13.5. The second-order valence-electron chi connectivity index (χ2n) is 8.45. The van der Waals surface area contributed by atoms with Crippen LogP contribution in [-0.2, 0) is 17.9 Å². The van der Waals surface area contributed by atoms with E-state index in [1.54, 1.807) is 12.1 Å². The third-order valence-electron chi connectivity index (χ3n) is 6.44. The minimum Gasteiger partial charge on any atom is -0.333 e. The Balaban J connectivity index is 1.46. The van der Waals surface area contributed by atoms with Gasteiger partial charge in [0.05, 0.1) is 0 Å². The summed E-state index contributed by atoms with van der Waals surface area (Å²) in [5.74, 6) is 0.119. The van der Waals surface area contributed by atoms with E-state index >= 15 is 0 Å². The van der Waals surface area contributed by atoms with Crippen LogP contribution in [0.15, 0.2) is 48.5 Å². The third kappa shape index (κ3) is 4.12. The Hall–Kier alpha value is -2.20. The number of benzene rings is 2. The van der Waals surface area contributed by atoms with Gasteiger partial charge in [-0.25, -0.2) is 4.39 Å². The van der Waals surface area contributed by atoms with Crippen molar-refractivity contribution in [2.45, 2.75) is 57.7 Å². The van der Waals surface area contributed by atoms with Crippen LogP contribution in [0, 0.1) is 12.7 Å². The molecule has 4 rings (SSSR count). The smallest absolute Gasteiger partial charge is 0.223 e. The van der Waals surface area contributed by atoms with Gasteiger partial charge in [0, 0.05) is 31.6 Å². The molecule has 2 aliphatic rings. The molecule has 2 saturated heterocycles. The van der Waals surface area contributed by atoms with Crippen LogP contribution < -0.4 is 0 Å². The monoisotopic (exact) mass is 380 g/mol. The molecule has 0 bridgehead atoms. The molecule has 0 aromatic heterocycles. The maximum Gasteiger partial charge on any atom is 0.223 e.